The molecule has 1 aliphatic heterocycles. The van der Waals surface area contributed by atoms with E-state index in [1.165, 1.54) is 10.5 Å². The average molecular weight is 383 g/mol. The molecule has 1 aliphatic rings. The van der Waals surface area contributed by atoms with Crippen LogP contribution in [0.4, 0.5) is 0 Å². The summed E-state index contributed by atoms with van der Waals surface area (Å²) in [6, 6.07) is 6.83. The average Bonchev–Trinajstić information content (AvgIpc) is 2.93. The number of nitrogens with zero attached hydrogens (tertiary/aromatic N) is 1. The predicted octanol–water partition coefficient (Wildman–Crippen LogP) is 2.25. The van der Waals surface area contributed by atoms with Crippen LogP contribution in [0.2, 0.25) is 0 Å². The highest BCUT2D eigenvalue weighted by Gasteiger charge is 2.42. The number of hydrogen-bond donors (Lipinski definition) is 2. The minimum atomic E-state index is -0.690. The van der Waals surface area contributed by atoms with Gasteiger partial charge in [0.25, 0.3) is 0 Å². The molecule has 1 amide bonds. The third-order valence-electron chi connectivity index (χ3n) is 4.91. The molecule has 3 atom stereocenters. The lowest BCUT2D eigenvalue weighted by atomic mass is 9.86. The third-order valence-corrected chi connectivity index (χ3v) is 4.91. The standard InChI is InChI=1S/C20H30N2O3.ClH/c1-13-5-7-14(8-6-13)9-10-17(24)16-11-15(23)12-22(16)19(25)18(21)20(2,3)4;/h5-8,15-16,18,23H,9-12,21H2,1-4H3;1H/t15-,16+,18-;/m1./s1. The van der Waals surface area contributed by atoms with Gasteiger partial charge < -0.3 is 15.7 Å². The summed E-state index contributed by atoms with van der Waals surface area (Å²) in [5, 5.41) is 9.98. The van der Waals surface area contributed by atoms with Crippen LogP contribution in [-0.2, 0) is 16.0 Å². The van der Waals surface area contributed by atoms with Crippen LogP contribution in [-0.4, -0.2) is 46.4 Å². The molecular formula is C20H31ClN2O3. The van der Waals surface area contributed by atoms with Crippen LogP contribution in [0.5, 0.6) is 0 Å². The summed E-state index contributed by atoms with van der Waals surface area (Å²) >= 11 is 0. The van der Waals surface area contributed by atoms with E-state index in [1.807, 2.05) is 52.0 Å². The number of amides is 1. The molecule has 0 saturated carbocycles. The van der Waals surface area contributed by atoms with Crippen LogP contribution in [0, 0.1) is 12.3 Å². The molecule has 1 aromatic rings. The molecule has 26 heavy (non-hydrogen) atoms. The van der Waals surface area contributed by atoms with Gasteiger partial charge in [0.1, 0.15) is 0 Å². The first-order chi connectivity index (χ1) is 11.6. The normalized spacial score (nSPS) is 21.2. The second-order valence-corrected chi connectivity index (χ2v) is 8.19. The number of carbonyl (C=O) groups excluding carboxylic acids is 2. The molecule has 0 radical (unpaired) electrons. The van der Waals surface area contributed by atoms with Crippen LogP contribution in [0.15, 0.2) is 24.3 Å². The number of rotatable bonds is 5. The lowest BCUT2D eigenvalue weighted by molar-refractivity contribution is -0.140. The first kappa shape index (κ1) is 22.6. The molecule has 0 bridgehead atoms. The van der Waals surface area contributed by atoms with E-state index in [0.29, 0.717) is 19.3 Å². The van der Waals surface area contributed by atoms with Gasteiger partial charge in [-0.15, -0.1) is 12.4 Å². The number of carbonyl (C=O) groups is 2. The number of Topliss-reactive ketones (excluding diaryl/α,β-unsaturated/α-hetero) is 1. The monoisotopic (exact) mass is 382 g/mol. The van der Waals surface area contributed by atoms with E-state index in [4.69, 9.17) is 5.73 Å². The molecule has 1 fully saturated rings. The summed E-state index contributed by atoms with van der Waals surface area (Å²) in [6.07, 6.45) is 0.632. The molecular weight excluding hydrogens is 352 g/mol. The largest absolute Gasteiger partial charge is 0.391 e. The van der Waals surface area contributed by atoms with Crippen molar-refractivity contribution in [3.63, 3.8) is 0 Å². The van der Waals surface area contributed by atoms with E-state index in [9.17, 15) is 14.7 Å². The molecule has 6 heteroatoms. The van der Waals surface area contributed by atoms with E-state index < -0.39 is 18.2 Å². The van der Waals surface area contributed by atoms with Crippen molar-refractivity contribution in [3.05, 3.63) is 35.4 Å². The second-order valence-electron chi connectivity index (χ2n) is 8.19. The van der Waals surface area contributed by atoms with E-state index in [2.05, 4.69) is 0 Å². The molecule has 146 valence electrons. The summed E-state index contributed by atoms with van der Waals surface area (Å²) in [7, 11) is 0. The quantitative estimate of drug-likeness (QED) is 0.818. The van der Waals surface area contributed by atoms with Crippen molar-refractivity contribution < 1.29 is 14.7 Å². The summed E-state index contributed by atoms with van der Waals surface area (Å²) in [5.74, 6) is -0.260. The molecule has 3 N–H and O–H groups in total. The van der Waals surface area contributed by atoms with Gasteiger partial charge in [-0.05, 0) is 24.3 Å². The maximum absolute atomic E-state index is 12.7. The summed E-state index contributed by atoms with van der Waals surface area (Å²) < 4.78 is 0. The topological polar surface area (TPSA) is 83.6 Å². The number of halogens is 1. The van der Waals surface area contributed by atoms with Gasteiger partial charge in [0.15, 0.2) is 5.78 Å². The van der Waals surface area contributed by atoms with Crippen LogP contribution in [0.3, 0.4) is 0 Å². The Morgan fingerprint density at radius 2 is 1.85 bits per heavy atom. The number of aryl methyl sites for hydroxylation is 2. The van der Waals surface area contributed by atoms with Gasteiger partial charge >= 0.3 is 0 Å². The fraction of sp³-hybridized carbons (Fsp3) is 0.600. The Morgan fingerprint density at radius 1 is 1.27 bits per heavy atom. The Hall–Kier alpha value is -1.43. The van der Waals surface area contributed by atoms with Crippen molar-refractivity contribution in [3.8, 4) is 0 Å². The zero-order valence-electron chi connectivity index (χ0n) is 16.1. The number of benzene rings is 1. The van der Waals surface area contributed by atoms with Crippen molar-refractivity contribution in [2.75, 3.05) is 6.54 Å². The minimum Gasteiger partial charge on any atom is -0.391 e. The van der Waals surface area contributed by atoms with Crippen molar-refractivity contribution in [2.45, 2.75) is 65.1 Å². The highest BCUT2D eigenvalue weighted by molar-refractivity contribution is 5.92. The van der Waals surface area contributed by atoms with Crippen molar-refractivity contribution >= 4 is 24.1 Å². The number of β-amino-alcohol motifs (C(OH)–C–C–N with tert-alkyl or cyclic N) is 1. The molecule has 0 spiro atoms. The van der Waals surface area contributed by atoms with Crippen LogP contribution < -0.4 is 5.73 Å². The third kappa shape index (κ3) is 5.53. The Bertz CT molecular complexity index is 625. The predicted molar refractivity (Wildman–Crippen MR) is 105 cm³/mol. The number of aliphatic hydroxyl groups excluding tert-OH is 1. The number of hydrogen-bond acceptors (Lipinski definition) is 4. The maximum Gasteiger partial charge on any atom is 0.240 e. The summed E-state index contributed by atoms with van der Waals surface area (Å²) in [6.45, 7) is 7.91. The number of likely N-dealkylation sites (tertiary alicyclic amines) is 1. The van der Waals surface area contributed by atoms with Crippen molar-refractivity contribution in [1.29, 1.82) is 0 Å². The Morgan fingerprint density at radius 3 is 2.38 bits per heavy atom. The second kappa shape index (κ2) is 8.98. The first-order valence-corrected chi connectivity index (χ1v) is 8.92. The van der Waals surface area contributed by atoms with E-state index in [-0.39, 0.29) is 36.1 Å². The first-order valence-electron chi connectivity index (χ1n) is 8.92. The maximum atomic E-state index is 12.7. The molecule has 1 saturated heterocycles. The number of aliphatic hydroxyl groups is 1. The Kier molecular flexibility index (Phi) is 7.81. The molecule has 1 aromatic carbocycles. The van der Waals surface area contributed by atoms with Gasteiger partial charge in [-0.25, -0.2) is 0 Å². The number of nitrogens with two attached hydrogens (primary N) is 1. The fourth-order valence-electron chi connectivity index (χ4n) is 3.10. The molecule has 1 heterocycles. The summed E-state index contributed by atoms with van der Waals surface area (Å²) in [5.41, 5.74) is 7.97. The number of ketones is 1. The molecule has 5 nitrogen and oxygen atoms in total. The van der Waals surface area contributed by atoms with Gasteiger partial charge in [0.2, 0.25) is 5.91 Å². The van der Waals surface area contributed by atoms with Gasteiger partial charge in [0.05, 0.1) is 18.2 Å². The Balaban J connectivity index is 0.00000338. The Labute approximate surface area is 162 Å². The fourth-order valence-corrected chi connectivity index (χ4v) is 3.10. The van der Waals surface area contributed by atoms with Gasteiger partial charge in [-0.1, -0.05) is 50.6 Å². The lowest BCUT2D eigenvalue weighted by Crippen LogP contribution is -2.53. The van der Waals surface area contributed by atoms with Crippen molar-refractivity contribution in [1.82, 2.24) is 4.90 Å². The molecule has 2 rings (SSSR count). The van der Waals surface area contributed by atoms with E-state index in [1.54, 1.807) is 0 Å². The van der Waals surface area contributed by atoms with Crippen LogP contribution in [0.1, 0.15) is 44.7 Å². The molecule has 0 aliphatic carbocycles. The smallest absolute Gasteiger partial charge is 0.240 e. The van der Waals surface area contributed by atoms with Gasteiger partial charge in [-0.2, -0.15) is 0 Å². The van der Waals surface area contributed by atoms with Gasteiger partial charge in [0, 0.05) is 19.4 Å². The van der Waals surface area contributed by atoms with Crippen molar-refractivity contribution in [2.24, 2.45) is 11.1 Å². The SMILES string of the molecule is Cc1ccc(CCC(=O)[C@@H]2C[C@@H](O)CN2C(=O)[C@@H](N)C(C)(C)C)cc1.Cl. The lowest BCUT2D eigenvalue weighted by Gasteiger charge is -2.32. The highest BCUT2D eigenvalue weighted by atomic mass is 35.5. The summed E-state index contributed by atoms with van der Waals surface area (Å²) in [4.78, 5) is 26.9. The minimum absolute atomic E-state index is 0. The molecule has 0 aromatic heterocycles. The van der Waals surface area contributed by atoms with E-state index >= 15 is 0 Å². The zero-order chi connectivity index (χ0) is 18.8. The highest BCUT2D eigenvalue weighted by Crippen LogP contribution is 2.26. The molecule has 0 unspecified atom stereocenters. The van der Waals surface area contributed by atoms with Crippen LogP contribution >= 0.6 is 12.4 Å². The zero-order valence-corrected chi connectivity index (χ0v) is 16.9. The van der Waals surface area contributed by atoms with Crippen LogP contribution in [0.25, 0.3) is 0 Å². The van der Waals surface area contributed by atoms with Gasteiger partial charge in [-0.3, -0.25) is 9.59 Å². The van der Waals surface area contributed by atoms with E-state index in [0.717, 1.165) is 5.56 Å².